The zero-order valence-corrected chi connectivity index (χ0v) is 8.99. The Morgan fingerprint density at radius 1 is 1.17 bits per heavy atom. The lowest BCUT2D eigenvalue weighted by Gasteiger charge is -2.23. The Labute approximate surface area is 76.6 Å². The molecule has 0 heterocycles. The highest BCUT2D eigenvalue weighted by Crippen LogP contribution is 2.28. The highest BCUT2D eigenvalue weighted by molar-refractivity contribution is 4.76. The summed E-state index contributed by atoms with van der Waals surface area (Å²) in [5.41, 5.74) is -0.885. The largest absolute Gasteiger partial charge is 0.244 e. The van der Waals surface area contributed by atoms with Crippen molar-refractivity contribution in [3.05, 3.63) is 0 Å². The molecule has 0 bridgehead atoms. The zero-order chi connectivity index (χ0) is 9.61. The Hall–Kier alpha value is -0.0700. The van der Waals surface area contributed by atoms with E-state index in [0.717, 1.165) is 12.8 Å². The third kappa shape index (κ3) is 4.08. The number of hydrogen-bond acceptors (Lipinski definition) is 0. The number of rotatable bonds is 6. The summed E-state index contributed by atoms with van der Waals surface area (Å²) in [7, 11) is 0. The molecule has 12 heavy (non-hydrogen) atoms. The van der Waals surface area contributed by atoms with E-state index >= 15 is 0 Å². The highest BCUT2D eigenvalue weighted by Gasteiger charge is 2.24. The predicted molar refractivity (Wildman–Crippen MR) is 53.1 cm³/mol. The summed E-state index contributed by atoms with van der Waals surface area (Å²) in [6.07, 6.45) is 4.28. The summed E-state index contributed by atoms with van der Waals surface area (Å²) < 4.78 is 13.7. The average Bonchev–Trinajstić information content (AvgIpc) is 2.13. The Morgan fingerprint density at radius 3 is 2.00 bits per heavy atom. The summed E-state index contributed by atoms with van der Waals surface area (Å²) in [5, 5.41) is 0. The SMILES string of the molecule is CCC(C)CCC(F)(CC)CC. The lowest BCUT2D eigenvalue weighted by Crippen LogP contribution is -2.21. The van der Waals surface area contributed by atoms with Crippen LogP contribution in [0.3, 0.4) is 0 Å². The van der Waals surface area contributed by atoms with Gasteiger partial charge in [0.25, 0.3) is 0 Å². The van der Waals surface area contributed by atoms with Gasteiger partial charge in [-0.3, -0.25) is 0 Å². The molecule has 0 aliphatic rings. The van der Waals surface area contributed by atoms with Gasteiger partial charge in [0.15, 0.2) is 0 Å². The maximum absolute atomic E-state index is 13.7. The van der Waals surface area contributed by atoms with Gasteiger partial charge >= 0.3 is 0 Å². The van der Waals surface area contributed by atoms with Crippen LogP contribution in [0.5, 0.6) is 0 Å². The lowest BCUT2D eigenvalue weighted by molar-refractivity contribution is 0.127. The van der Waals surface area contributed by atoms with E-state index in [9.17, 15) is 4.39 Å². The van der Waals surface area contributed by atoms with E-state index in [1.165, 1.54) is 6.42 Å². The highest BCUT2D eigenvalue weighted by atomic mass is 19.1. The lowest BCUT2D eigenvalue weighted by atomic mass is 9.89. The molecule has 0 aliphatic heterocycles. The molecule has 74 valence electrons. The van der Waals surface area contributed by atoms with Gasteiger partial charge in [-0.15, -0.1) is 0 Å². The smallest absolute Gasteiger partial charge is 0.110 e. The second kappa shape index (κ2) is 5.55. The van der Waals surface area contributed by atoms with E-state index in [-0.39, 0.29) is 0 Å². The Bertz CT molecular complexity index is 106. The Balaban J connectivity index is 3.72. The van der Waals surface area contributed by atoms with Crippen molar-refractivity contribution in [3.8, 4) is 0 Å². The Morgan fingerprint density at radius 2 is 1.67 bits per heavy atom. The molecule has 0 nitrogen and oxygen atoms in total. The van der Waals surface area contributed by atoms with Crippen molar-refractivity contribution in [1.82, 2.24) is 0 Å². The molecule has 0 amide bonds. The fourth-order valence-corrected chi connectivity index (χ4v) is 1.31. The molecule has 0 saturated carbocycles. The normalized spacial score (nSPS) is 14.8. The van der Waals surface area contributed by atoms with Gasteiger partial charge in [-0.05, 0) is 31.6 Å². The van der Waals surface area contributed by atoms with E-state index < -0.39 is 5.67 Å². The average molecular weight is 174 g/mol. The minimum Gasteiger partial charge on any atom is -0.244 e. The van der Waals surface area contributed by atoms with Crippen LogP contribution in [0, 0.1) is 5.92 Å². The molecule has 1 heteroatoms. The van der Waals surface area contributed by atoms with Gasteiger partial charge < -0.3 is 0 Å². The minimum absolute atomic E-state index is 0.667. The number of alkyl halides is 1. The molecule has 0 aromatic carbocycles. The van der Waals surface area contributed by atoms with Crippen molar-refractivity contribution >= 4 is 0 Å². The minimum atomic E-state index is -0.885. The fourth-order valence-electron chi connectivity index (χ4n) is 1.31. The van der Waals surface area contributed by atoms with Crippen molar-refractivity contribution in [1.29, 1.82) is 0 Å². The van der Waals surface area contributed by atoms with Crippen molar-refractivity contribution in [2.24, 2.45) is 5.92 Å². The van der Waals surface area contributed by atoms with Crippen LogP contribution in [-0.4, -0.2) is 5.67 Å². The van der Waals surface area contributed by atoms with E-state index in [4.69, 9.17) is 0 Å². The van der Waals surface area contributed by atoms with Gasteiger partial charge in [0.1, 0.15) is 5.67 Å². The van der Waals surface area contributed by atoms with Gasteiger partial charge in [0, 0.05) is 0 Å². The topological polar surface area (TPSA) is 0 Å². The Kier molecular flexibility index (Phi) is 5.52. The summed E-state index contributed by atoms with van der Waals surface area (Å²) in [5.74, 6) is 0.679. The molecule has 0 fully saturated rings. The van der Waals surface area contributed by atoms with Crippen LogP contribution in [0.25, 0.3) is 0 Å². The summed E-state index contributed by atoms with van der Waals surface area (Å²) in [6.45, 7) is 8.26. The van der Waals surface area contributed by atoms with Gasteiger partial charge in [0.05, 0.1) is 0 Å². The van der Waals surface area contributed by atoms with Crippen LogP contribution in [-0.2, 0) is 0 Å². The van der Waals surface area contributed by atoms with Crippen molar-refractivity contribution in [3.63, 3.8) is 0 Å². The third-order valence-electron chi connectivity index (χ3n) is 3.05. The second-order valence-electron chi connectivity index (χ2n) is 3.91. The van der Waals surface area contributed by atoms with Gasteiger partial charge in [-0.1, -0.05) is 34.1 Å². The first-order chi connectivity index (χ1) is 5.58. The van der Waals surface area contributed by atoms with Gasteiger partial charge in [-0.2, -0.15) is 0 Å². The van der Waals surface area contributed by atoms with Crippen LogP contribution in [0.4, 0.5) is 4.39 Å². The zero-order valence-electron chi connectivity index (χ0n) is 8.99. The van der Waals surface area contributed by atoms with Crippen molar-refractivity contribution < 1.29 is 4.39 Å². The first-order valence-electron chi connectivity index (χ1n) is 5.26. The molecule has 0 aromatic rings. The molecular weight excluding hydrogens is 151 g/mol. The molecule has 0 saturated heterocycles. The van der Waals surface area contributed by atoms with E-state index in [1.54, 1.807) is 0 Å². The molecule has 0 aliphatic carbocycles. The van der Waals surface area contributed by atoms with Crippen molar-refractivity contribution in [2.75, 3.05) is 0 Å². The molecule has 0 radical (unpaired) electrons. The molecule has 0 rings (SSSR count). The summed E-state index contributed by atoms with van der Waals surface area (Å²) in [4.78, 5) is 0. The van der Waals surface area contributed by atoms with E-state index in [0.29, 0.717) is 18.8 Å². The van der Waals surface area contributed by atoms with Crippen molar-refractivity contribution in [2.45, 2.75) is 65.5 Å². The molecule has 0 aromatic heterocycles. The summed E-state index contributed by atoms with van der Waals surface area (Å²) in [6, 6.07) is 0. The maximum Gasteiger partial charge on any atom is 0.110 e. The van der Waals surface area contributed by atoms with Gasteiger partial charge in [0.2, 0.25) is 0 Å². The molecule has 0 spiro atoms. The molecule has 1 unspecified atom stereocenters. The maximum atomic E-state index is 13.7. The first kappa shape index (κ1) is 11.9. The third-order valence-corrected chi connectivity index (χ3v) is 3.05. The fraction of sp³-hybridized carbons (Fsp3) is 1.00. The second-order valence-corrected chi connectivity index (χ2v) is 3.91. The number of halogens is 1. The molecular formula is C11H23F. The number of hydrogen-bond donors (Lipinski definition) is 0. The van der Waals surface area contributed by atoms with Crippen LogP contribution in [0.1, 0.15) is 59.8 Å². The standard InChI is InChI=1S/C11H23F/c1-5-10(4)8-9-11(12,6-2)7-3/h10H,5-9H2,1-4H3. The monoisotopic (exact) mass is 174 g/mol. The van der Waals surface area contributed by atoms with Crippen LogP contribution in [0.2, 0.25) is 0 Å². The first-order valence-corrected chi connectivity index (χ1v) is 5.26. The summed E-state index contributed by atoms with van der Waals surface area (Å²) >= 11 is 0. The van der Waals surface area contributed by atoms with Gasteiger partial charge in [-0.25, -0.2) is 4.39 Å². The van der Waals surface area contributed by atoms with Crippen LogP contribution in [0.15, 0.2) is 0 Å². The van der Waals surface area contributed by atoms with Crippen LogP contribution < -0.4 is 0 Å². The quantitative estimate of drug-likeness (QED) is 0.562. The predicted octanol–water partition coefficient (Wildman–Crippen LogP) is 4.34. The molecule has 1 atom stereocenters. The van der Waals surface area contributed by atoms with E-state index in [1.807, 2.05) is 13.8 Å². The van der Waals surface area contributed by atoms with Crippen LogP contribution >= 0.6 is 0 Å². The molecule has 0 N–H and O–H groups in total. The van der Waals surface area contributed by atoms with E-state index in [2.05, 4.69) is 13.8 Å².